The zero-order chi connectivity index (χ0) is 18.8. The van der Waals surface area contributed by atoms with E-state index in [1.54, 1.807) is 0 Å². The molecular weight excluding hydrogens is 336 g/mol. The third-order valence-corrected chi connectivity index (χ3v) is 5.28. The van der Waals surface area contributed by atoms with Crippen molar-refractivity contribution in [3.8, 4) is 0 Å². The van der Waals surface area contributed by atoms with Gasteiger partial charge >= 0.3 is 6.03 Å². The minimum absolute atomic E-state index is 0.0569. The molecule has 0 aliphatic heterocycles. The average Bonchev–Trinajstić information content (AvgIpc) is 2.54. The van der Waals surface area contributed by atoms with Crippen molar-refractivity contribution in [1.29, 1.82) is 0 Å². The summed E-state index contributed by atoms with van der Waals surface area (Å²) in [6.07, 6.45) is 18.9. The first-order chi connectivity index (χ1) is 12.1. The number of nitrogens with one attached hydrogen (secondary N) is 1. The molecule has 0 saturated carbocycles. The van der Waals surface area contributed by atoms with Gasteiger partial charge in [0.15, 0.2) is 11.1 Å². The Labute approximate surface area is 157 Å². The molecule has 4 N–H and O–H groups in total. The lowest BCUT2D eigenvalue weighted by atomic mass is 10.0. The third kappa shape index (κ3) is 19.6. The van der Waals surface area contributed by atoms with E-state index in [0.717, 1.165) is 12.8 Å². The van der Waals surface area contributed by atoms with Crippen LogP contribution in [0.4, 0.5) is 4.79 Å². The van der Waals surface area contributed by atoms with E-state index in [0.29, 0.717) is 6.42 Å². The SMILES string of the molecule is CCCCCCCCCCCCCCCCC(CS(=O)O)NC(N)=O. The Hall–Kier alpha value is -0.620. The van der Waals surface area contributed by atoms with Gasteiger partial charge in [0.25, 0.3) is 0 Å². The van der Waals surface area contributed by atoms with Gasteiger partial charge < -0.3 is 15.6 Å². The molecule has 2 amide bonds. The van der Waals surface area contributed by atoms with Crippen LogP contribution in [0, 0.1) is 0 Å². The van der Waals surface area contributed by atoms with Gasteiger partial charge in [-0.3, -0.25) is 0 Å². The predicted octanol–water partition coefficient (Wildman–Crippen LogP) is 5.12. The lowest BCUT2D eigenvalue weighted by Crippen LogP contribution is -2.41. The van der Waals surface area contributed by atoms with Gasteiger partial charge in [0.05, 0.1) is 5.75 Å². The van der Waals surface area contributed by atoms with Crippen LogP contribution in [-0.2, 0) is 11.1 Å². The standard InChI is InChI=1S/C19H40N2O3S/c1-2-3-4-5-6-7-8-9-10-11-12-13-14-15-16-18(17-25(23)24)21-19(20)22/h18H,2-17H2,1H3,(H,23,24)(H3,20,21,22). The normalized spacial score (nSPS) is 13.5. The summed E-state index contributed by atoms with van der Waals surface area (Å²) in [7, 11) is 0. The van der Waals surface area contributed by atoms with Crippen molar-refractivity contribution in [3.05, 3.63) is 0 Å². The Bertz CT molecular complexity index is 325. The second-order valence-corrected chi connectivity index (χ2v) is 8.05. The number of hydrogen-bond donors (Lipinski definition) is 3. The zero-order valence-corrected chi connectivity index (χ0v) is 17.0. The topological polar surface area (TPSA) is 92.4 Å². The van der Waals surface area contributed by atoms with E-state index in [9.17, 15) is 9.00 Å². The summed E-state index contributed by atoms with van der Waals surface area (Å²) in [4.78, 5) is 10.9. The molecule has 0 aliphatic rings. The molecule has 0 aromatic carbocycles. The minimum atomic E-state index is -1.90. The maximum atomic E-state index is 10.9. The summed E-state index contributed by atoms with van der Waals surface area (Å²) < 4.78 is 19.8. The van der Waals surface area contributed by atoms with Gasteiger partial charge in [-0.25, -0.2) is 9.00 Å². The van der Waals surface area contributed by atoms with Crippen LogP contribution >= 0.6 is 0 Å². The molecule has 0 radical (unpaired) electrons. The van der Waals surface area contributed by atoms with Crippen LogP contribution in [0.5, 0.6) is 0 Å². The molecule has 0 bridgehead atoms. The number of carbonyl (C=O) groups excluding carboxylic acids is 1. The first-order valence-corrected chi connectivity index (χ1v) is 11.5. The number of rotatable bonds is 18. The first-order valence-electron chi connectivity index (χ1n) is 10.2. The fourth-order valence-electron chi connectivity index (χ4n) is 3.16. The number of amides is 2. The Kier molecular flexibility index (Phi) is 17.7. The van der Waals surface area contributed by atoms with Crippen LogP contribution in [0.2, 0.25) is 0 Å². The second kappa shape index (κ2) is 18.2. The van der Waals surface area contributed by atoms with Crippen LogP contribution in [0.15, 0.2) is 0 Å². The maximum Gasteiger partial charge on any atom is 0.312 e. The van der Waals surface area contributed by atoms with Gasteiger partial charge in [0, 0.05) is 6.04 Å². The largest absolute Gasteiger partial charge is 0.352 e. The van der Waals surface area contributed by atoms with Crippen LogP contribution in [0.1, 0.15) is 103 Å². The van der Waals surface area contributed by atoms with Crippen LogP contribution in [-0.4, -0.2) is 26.6 Å². The molecule has 2 atom stereocenters. The number of hydrogen-bond acceptors (Lipinski definition) is 2. The Morgan fingerprint density at radius 3 is 1.64 bits per heavy atom. The van der Waals surface area contributed by atoms with Gasteiger partial charge in [-0.15, -0.1) is 0 Å². The molecule has 0 heterocycles. The summed E-state index contributed by atoms with van der Waals surface area (Å²) in [5.41, 5.74) is 5.09. The molecule has 0 spiro atoms. The Morgan fingerprint density at radius 1 is 0.880 bits per heavy atom. The number of unbranched alkanes of at least 4 members (excludes halogenated alkanes) is 13. The summed E-state index contributed by atoms with van der Waals surface area (Å²) in [6.45, 7) is 2.26. The van der Waals surface area contributed by atoms with Gasteiger partial charge in [-0.05, 0) is 6.42 Å². The molecule has 0 aliphatic carbocycles. The number of carbonyl (C=O) groups is 1. The zero-order valence-electron chi connectivity index (χ0n) is 16.1. The monoisotopic (exact) mass is 376 g/mol. The van der Waals surface area contributed by atoms with Crippen LogP contribution in [0.25, 0.3) is 0 Å². The van der Waals surface area contributed by atoms with Gasteiger partial charge in [0.2, 0.25) is 0 Å². The van der Waals surface area contributed by atoms with Crippen LogP contribution < -0.4 is 11.1 Å². The van der Waals surface area contributed by atoms with E-state index in [1.807, 2.05) is 0 Å². The lowest BCUT2D eigenvalue weighted by Gasteiger charge is -2.15. The van der Waals surface area contributed by atoms with Crippen molar-refractivity contribution in [3.63, 3.8) is 0 Å². The van der Waals surface area contributed by atoms with E-state index < -0.39 is 17.1 Å². The molecule has 0 saturated heterocycles. The highest BCUT2D eigenvalue weighted by Gasteiger charge is 2.12. The van der Waals surface area contributed by atoms with Gasteiger partial charge in [0.1, 0.15) is 0 Å². The molecule has 0 rings (SSSR count). The van der Waals surface area contributed by atoms with E-state index >= 15 is 0 Å². The van der Waals surface area contributed by atoms with E-state index in [-0.39, 0.29) is 11.8 Å². The fourth-order valence-corrected chi connectivity index (χ4v) is 3.75. The number of nitrogens with two attached hydrogens (primary N) is 1. The molecule has 2 unspecified atom stereocenters. The quantitative estimate of drug-likeness (QED) is 0.229. The molecule has 0 aromatic heterocycles. The number of primary amides is 1. The molecule has 5 nitrogen and oxygen atoms in total. The molecule has 6 heteroatoms. The lowest BCUT2D eigenvalue weighted by molar-refractivity contribution is 0.245. The second-order valence-electron chi connectivity index (χ2n) is 7.08. The molecule has 25 heavy (non-hydrogen) atoms. The summed E-state index contributed by atoms with van der Waals surface area (Å²) in [5.74, 6) is 0.0569. The van der Waals surface area contributed by atoms with Gasteiger partial charge in [-0.2, -0.15) is 0 Å². The minimum Gasteiger partial charge on any atom is -0.352 e. The van der Waals surface area contributed by atoms with Crippen molar-refractivity contribution >= 4 is 17.1 Å². The summed E-state index contributed by atoms with van der Waals surface area (Å²) >= 11 is -1.90. The molecular formula is C19H40N2O3S. The van der Waals surface area contributed by atoms with Crippen molar-refractivity contribution in [2.24, 2.45) is 5.73 Å². The number of urea groups is 1. The van der Waals surface area contributed by atoms with Crippen LogP contribution in [0.3, 0.4) is 0 Å². The van der Waals surface area contributed by atoms with E-state index in [2.05, 4.69) is 12.2 Å². The average molecular weight is 377 g/mol. The predicted molar refractivity (Wildman–Crippen MR) is 107 cm³/mol. The van der Waals surface area contributed by atoms with Crippen molar-refractivity contribution < 1.29 is 13.6 Å². The van der Waals surface area contributed by atoms with Crippen molar-refractivity contribution in [1.82, 2.24) is 5.32 Å². The maximum absolute atomic E-state index is 10.9. The first kappa shape index (κ1) is 24.4. The highest BCUT2D eigenvalue weighted by molar-refractivity contribution is 7.79. The summed E-state index contributed by atoms with van der Waals surface area (Å²) in [5, 5.41) is 2.54. The molecule has 0 aromatic rings. The summed E-state index contributed by atoms with van der Waals surface area (Å²) in [6, 6.07) is -0.915. The smallest absolute Gasteiger partial charge is 0.312 e. The van der Waals surface area contributed by atoms with Crippen molar-refractivity contribution in [2.75, 3.05) is 5.75 Å². The molecule has 0 fully saturated rings. The third-order valence-electron chi connectivity index (χ3n) is 4.60. The van der Waals surface area contributed by atoms with E-state index in [1.165, 1.54) is 77.0 Å². The fraction of sp³-hybridized carbons (Fsp3) is 0.947. The van der Waals surface area contributed by atoms with Gasteiger partial charge in [-0.1, -0.05) is 96.8 Å². The highest BCUT2D eigenvalue weighted by atomic mass is 32.2. The van der Waals surface area contributed by atoms with E-state index in [4.69, 9.17) is 10.3 Å². The highest BCUT2D eigenvalue weighted by Crippen LogP contribution is 2.13. The van der Waals surface area contributed by atoms with Crippen molar-refractivity contribution in [2.45, 2.75) is 109 Å². The molecule has 150 valence electrons. The Morgan fingerprint density at radius 2 is 1.28 bits per heavy atom. The Balaban J connectivity index is 3.36.